The van der Waals surface area contributed by atoms with E-state index in [4.69, 9.17) is 14.0 Å². The molecule has 178 valence electrons. The van der Waals surface area contributed by atoms with E-state index in [1.807, 2.05) is 31.2 Å². The van der Waals surface area contributed by atoms with Crippen molar-refractivity contribution in [2.75, 3.05) is 14.2 Å². The van der Waals surface area contributed by atoms with E-state index < -0.39 is 0 Å². The van der Waals surface area contributed by atoms with Gasteiger partial charge in [0.15, 0.2) is 11.5 Å². The van der Waals surface area contributed by atoms with Gasteiger partial charge in [0.1, 0.15) is 0 Å². The van der Waals surface area contributed by atoms with Crippen molar-refractivity contribution in [3.05, 3.63) is 59.5 Å². The summed E-state index contributed by atoms with van der Waals surface area (Å²) < 4.78 is 15.6. The van der Waals surface area contributed by atoms with Gasteiger partial charge in [0, 0.05) is 11.3 Å². The number of methoxy groups -OCH3 is 2. The molecule has 0 aliphatic rings. The Labute approximate surface area is 197 Å². The second kappa shape index (κ2) is 11.6. The highest BCUT2D eigenvalue weighted by Crippen LogP contribution is 2.27. The Balaban J connectivity index is 1.45. The van der Waals surface area contributed by atoms with Crippen LogP contribution in [-0.4, -0.2) is 41.9 Å². The molecule has 2 amide bonds. The molecule has 10 heteroatoms. The zero-order valence-corrected chi connectivity index (χ0v) is 19.5. The van der Waals surface area contributed by atoms with Gasteiger partial charge in [-0.3, -0.25) is 9.59 Å². The van der Waals surface area contributed by atoms with Crippen LogP contribution < -0.4 is 20.2 Å². The molecule has 0 atom stereocenters. The quantitative estimate of drug-likeness (QED) is 0.348. The summed E-state index contributed by atoms with van der Waals surface area (Å²) in [7, 11) is 3.07. The maximum absolute atomic E-state index is 12.2. The van der Waals surface area contributed by atoms with Crippen molar-refractivity contribution in [3.8, 4) is 22.9 Å². The monoisotopic (exact) mass is 465 g/mol. The molecule has 2 N–H and O–H groups in total. The molecule has 0 unspecified atom stereocenters. The van der Waals surface area contributed by atoms with Crippen molar-refractivity contribution < 1.29 is 23.6 Å². The second-order valence-electron chi connectivity index (χ2n) is 7.58. The zero-order chi connectivity index (χ0) is 24.5. The summed E-state index contributed by atoms with van der Waals surface area (Å²) in [6, 6.07) is 13.0. The van der Waals surface area contributed by atoms with Crippen LogP contribution in [0.1, 0.15) is 30.4 Å². The minimum atomic E-state index is -0.318. The van der Waals surface area contributed by atoms with Crippen LogP contribution in [0.25, 0.3) is 11.4 Å². The molecule has 0 saturated heterocycles. The lowest BCUT2D eigenvalue weighted by molar-refractivity contribution is -0.121. The smallest absolute Gasteiger partial charge is 0.246 e. The minimum absolute atomic E-state index is 0.00952. The number of aryl methyl sites for hydroxylation is 1. The lowest BCUT2D eigenvalue weighted by atomic mass is 10.1. The maximum Gasteiger partial charge on any atom is 0.246 e. The molecule has 0 aliphatic heterocycles. The fourth-order valence-electron chi connectivity index (χ4n) is 3.03. The fraction of sp³-hybridized carbons (Fsp3) is 0.292. The number of ether oxygens (including phenoxy) is 2. The third-order valence-electron chi connectivity index (χ3n) is 4.82. The Morgan fingerprint density at radius 2 is 1.76 bits per heavy atom. The normalized spacial score (nSPS) is 11.1. The summed E-state index contributed by atoms with van der Waals surface area (Å²) in [5, 5.41) is 10.6. The van der Waals surface area contributed by atoms with Gasteiger partial charge in [0.2, 0.25) is 23.5 Å². The number of hydrazone groups is 1. The van der Waals surface area contributed by atoms with Crippen molar-refractivity contribution in [2.24, 2.45) is 5.10 Å². The molecule has 0 aliphatic carbocycles. The molecule has 0 spiro atoms. The van der Waals surface area contributed by atoms with Gasteiger partial charge in [-0.2, -0.15) is 10.1 Å². The predicted octanol–water partition coefficient (Wildman–Crippen LogP) is 2.80. The van der Waals surface area contributed by atoms with E-state index in [2.05, 4.69) is 26.0 Å². The van der Waals surface area contributed by atoms with Gasteiger partial charge < -0.3 is 19.3 Å². The molecular weight excluding hydrogens is 438 g/mol. The topological polar surface area (TPSA) is 128 Å². The van der Waals surface area contributed by atoms with E-state index in [1.54, 1.807) is 32.2 Å². The van der Waals surface area contributed by atoms with Crippen LogP contribution in [0.4, 0.5) is 0 Å². The Bertz CT molecular complexity index is 1170. The van der Waals surface area contributed by atoms with E-state index in [0.717, 1.165) is 16.7 Å². The van der Waals surface area contributed by atoms with E-state index in [0.29, 0.717) is 28.9 Å². The van der Waals surface area contributed by atoms with Gasteiger partial charge in [0.25, 0.3) is 0 Å². The summed E-state index contributed by atoms with van der Waals surface area (Å²) >= 11 is 0. The van der Waals surface area contributed by atoms with Crippen LogP contribution in [0.5, 0.6) is 11.5 Å². The molecule has 0 saturated carbocycles. The molecule has 3 aromatic rings. The van der Waals surface area contributed by atoms with E-state index >= 15 is 0 Å². The summed E-state index contributed by atoms with van der Waals surface area (Å²) in [4.78, 5) is 28.7. The van der Waals surface area contributed by atoms with Gasteiger partial charge in [-0.25, -0.2) is 5.43 Å². The average molecular weight is 466 g/mol. The lowest BCUT2D eigenvalue weighted by Crippen LogP contribution is -2.26. The number of rotatable bonds is 10. The largest absolute Gasteiger partial charge is 0.493 e. The van der Waals surface area contributed by atoms with Crippen molar-refractivity contribution in [3.63, 3.8) is 0 Å². The lowest BCUT2D eigenvalue weighted by Gasteiger charge is -2.09. The molecule has 34 heavy (non-hydrogen) atoms. The molecule has 10 nitrogen and oxygen atoms in total. The summed E-state index contributed by atoms with van der Waals surface area (Å²) in [5.74, 6) is 1.27. The number of nitrogens with zero attached hydrogens (tertiary/aromatic N) is 3. The SMILES string of the molecule is COc1ccc(CC(=O)N/N=C(\C)CC(=O)NCc2nc(-c3ccc(C)cc3)no2)cc1OC. The van der Waals surface area contributed by atoms with Gasteiger partial charge in [-0.15, -0.1) is 0 Å². The Kier molecular flexibility index (Phi) is 8.33. The third-order valence-corrected chi connectivity index (χ3v) is 4.82. The average Bonchev–Trinajstić information content (AvgIpc) is 3.31. The highest BCUT2D eigenvalue weighted by atomic mass is 16.5. The number of carbonyl (C=O) groups is 2. The Hall–Kier alpha value is -4.21. The van der Waals surface area contributed by atoms with Crippen LogP contribution >= 0.6 is 0 Å². The van der Waals surface area contributed by atoms with E-state index in [1.165, 1.54) is 7.11 Å². The molecule has 0 fully saturated rings. The number of carbonyl (C=O) groups excluding carboxylic acids is 2. The molecule has 1 heterocycles. The standard InChI is InChI=1S/C24H27N5O5/c1-15-5-8-18(9-6-15)24-26-23(34-29-24)14-25-21(30)11-16(2)27-28-22(31)13-17-7-10-19(32-3)20(12-17)33-4/h5-10,12H,11,13-14H2,1-4H3,(H,25,30)(H,28,31)/b27-16+. The van der Waals surface area contributed by atoms with Gasteiger partial charge in [0.05, 0.1) is 33.6 Å². The molecular formula is C24H27N5O5. The van der Waals surface area contributed by atoms with Crippen LogP contribution in [-0.2, 0) is 22.6 Å². The summed E-state index contributed by atoms with van der Waals surface area (Å²) in [6.45, 7) is 3.74. The van der Waals surface area contributed by atoms with Gasteiger partial charge >= 0.3 is 0 Å². The molecule has 3 rings (SSSR count). The zero-order valence-electron chi connectivity index (χ0n) is 19.5. The highest BCUT2D eigenvalue weighted by molar-refractivity contribution is 6.00. The van der Waals surface area contributed by atoms with E-state index in [-0.39, 0.29) is 31.2 Å². The van der Waals surface area contributed by atoms with Crippen molar-refractivity contribution in [1.82, 2.24) is 20.9 Å². The summed E-state index contributed by atoms with van der Waals surface area (Å²) in [5.41, 5.74) is 5.61. The van der Waals surface area contributed by atoms with E-state index in [9.17, 15) is 9.59 Å². The predicted molar refractivity (Wildman–Crippen MR) is 125 cm³/mol. The number of hydrogen-bond donors (Lipinski definition) is 2. The molecule has 0 bridgehead atoms. The molecule has 2 aromatic carbocycles. The van der Waals surface area contributed by atoms with Crippen LogP contribution in [0.3, 0.4) is 0 Å². The van der Waals surface area contributed by atoms with Crippen LogP contribution in [0.15, 0.2) is 52.1 Å². The van der Waals surface area contributed by atoms with Crippen LogP contribution in [0, 0.1) is 6.92 Å². The van der Waals surface area contributed by atoms with Crippen molar-refractivity contribution in [2.45, 2.75) is 33.2 Å². The van der Waals surface area contributed by atoms with Gasteiger partial charge in [-0.05, 0) is 31.5 Å². The first-order valence-electron chi connectivity index (χ1n) is 10.6. The third kappa shape index (κ3) is 6.89. The Morgan fingerprint density at radius 3 is 2.47 bits per heavy atom. The first kappa shape index (κ1) is 24.4. The number of benzene rings is 2. The first-order valence-corrected chi connectivity index (χ1v) is 10.6. The Morgan fingerprint density at radius 1 is 1.03 bits per heavy atom. The summed E-state index contributed by atoms with van der Waals surface area (Å²) in [6.07, 6.45) is 0.111. The number of nitrogens with one attached hydrogen (secondary N) is 2. The number of hydrogen-bond acceptors (Lipinski definition) is 8. The highest BCUT2D eigenvalue weighted by Gasteiger charge is 2.12. The van der Waals surface area contributed by atoms with Crippen LogP contribution in [0.2, 0.25) is 0 Å². The second-order valence-corrected chi connectivity index (χ2v) is 7.58. The number of aromatic nitrogens is 2. The van der Waals surface area contributed by atoms with Crippen molar-refractivity contribution >= 4 is 17.5 Å². The fourth-order valence-corrected chi connectivity index (χ4v) is 3.03. The molecule has 0 radical (unpaired) electrons. The van der Waals surface area contributed by atoms with Crippen molar-refractivity contribution in [1.29, 1.82) is 0 Å². The molecule has 1 aromatic heterocycles. The van der Waals surface area contributed by atoms with Gasteiger partial charge in [-0.1, -0.05) is 41.1 Å². The maximum atomic E-state index is 12.2. The first-order chi connectivity index (χ1) is 16.4. The number of amides is 2. The minimum Gasteiger partial charge on any atom is -0.493 e.